The van der Waals surface area contributed by atoms with Crippen LogP contribution in [-0.2, 0) is 4.57 Å². The van der Waals surface area contributed by atoms with E-state index >= 15 is 0 Å². The molecule has 0 bridgehead atoms. The van der Waals surface area contributed by atoms with E-state index in [1.165, 1.54) is 24.8 Å². The van der Waals surface area contributed by atoms with Crippen molar-refractivity contribution < 1.29 is 4.57 Å². The smallest absolute Gasteiger partial charge is 0.143 e. The highest BCUT2D eigenvalue weighted by molar-refractivity contribution is 7.78. The molecule has 0 heterocycles. The molecule has 0 spiro atoms. The van der Waals surface area contributed by atoms with Crippen LogP contribution in [0.3, 0.4) is 0 Å². The van der Waals surface area contributed by atoms with Crippen molar-refractivity contribution in [2.75, 3.05) is 6.16 Å². The predicted molar refractivity (Wildman–Crippen MR) is 119 cm³/mol. The molecule has 1 nitrogen and oxygen atoms in total. The highest BCUT2D eigenvalue weighted by atomic mass is 31.2. The van der Waals surface area contributed by atoms with Crippen molar-refractivity contribution >= 4 is 17.8 Å². The van der Waals surface area contributed by atoms with Gasteiger partial charge in [0.1, 0.15) is 7.14 Å². The first-order chi connectivity index (χ1) is 13.1. The molecule has 27 heavy (non-hydrogen) atoms. The van der Waals surface area contributed by atoms with Gasteiger partial charge < -0.3 is 4.57 Å². The SMILES string of the molecule is CC(C)/C(=C\CCCP(=O)(c1ccccc1)c1ccccc1)C1=CCCC1. The van der Waals surface area contributed by atoms with Crippen LogP contribution in [-0.4, -0.2) is 6.16 Å². The second-order valence-corrected chi connectivity index (χ2v) is 10.7. The van der Waals surface area contributed by atoms with E-state index in [4.69, 9.17) is 0 Å². The lowest BCUT2D eigenvalue weighted by Gasteiger charge is -2.19. The van der Waals surface area contributed by atoms with E-state index in [1.54, 1.807) is 5.57 Å². The van der Waals surface area contributed by atoms with E-state index in [0.29, 0.717) is 5.92 Å². The third-order valence-corrected chi connectivity index (χ3v) is 8.63. The third-order valence-electron chi connectivity index (χ3n) is 5.42. The summed E-state index contributed by atoms with van der Waals surface area (Å²) in [7, 11) is -2.58. The molecule has 0 saturated carbocycles. The van der Waals surface area contributed by atoms with Gasteiger partial charge in [-0.25, -0.2) is 0 Å². The van der Waals surface area contributed by atoms with Crippen molar-refractivity contribution in [2.45, 2.75) is 46.0 Å². The Morgan fingerprint density at radius 3 is 2.07 bits per heavy atom. The first-order valence-electron chi connectivity index (χ1n) is 10.2. The quantitative estimate of drug-likeness (QED) is 0.380. The van der Waals surface area contributed by atoms with Gasteiger partial charge in [0.25, 0.3) is 0 Å². The number of benzene rings is 2. The summed E-state index contributed by atoms with van der Waals surface area (Å²) in [4.78, 5) is 0. The largest absolute Gasteiger partial charge is 0.314 e. The normalized spacial score (nSPS) is 15.2. The Balaban J connectivity index is 1.76. The molecule has 1 aliphatic carbocycles. The van der Waals surface area contributed by atoms with Crippen LogP contribution in [0, 0.1) is 5.92 Å². The van der Waals surface area contributed by atoms with E-state index in [2.05, 4.69) is 26.0 Å². The van der Waals surface area contributed by atoms with Crippen LogP contribution in [0.4, 0.5) is 0 Å². The third kappa shape index (κ3) is 4.90. The van der Waals surface area contributed by atoms with Gasteiger partial charge in [-0.1, -0.05) is 86.7 Å². The van der Waals surface area contributed by atoms with E-state index in [1.807, 2.05) is 60.7 Å². The molecule has 0 atom stereocenters. The predicted octanol–water partition coefficient (Wildman–Crippen LogP) is 6.47. The average Bonchev–Trinajstić information content (AvgIpc) is 3.23. The summed E-state index contributed by atoms with van der Waals surface area (Å²) in [6.45, 7) is 4.56. The molecule has 0 amide bonds. The summed E-state index contributed by atoms with van der Waals surface area (Å²) in [5.41, 5.74) is 3.04. The first-order valence-corrected chi connectivity index (χ1v) is 12.1. The molecule has 0 aromatic heterocycles. The van der Waals surface area contributed by atoms with Gasteiger partial charge >= 0.3 is 0 Å². The maximum atomic E-state index is 14.0. The van der Waals surface area contributed by atoms with Crippen molar-refractivity contribution in [3.8, 4) is 0 Å². The lowest BCUT2D eigenvalue weighted by atomic mass is 9.93. The lowest BCUT2D eigenvalue weighted by molar-refractivity contribution is 0.585. The fraction of sp³-hybridized carbons (Fsp3) is 0.360. The summed E-state index contributed by atoms with van der Waals surface area (Å²) in [5, 5.41) is 1.95. The first kappa shape index (κ1) is 19.9. The molecule has 1 aliphatic rings. The summed E-state index contributed by atoms with van der Waals surface area (Å²) in [6, 6.07) is 20.0. The van der Waals surface area contributed by atoms with Crippen molar-refractivity contribution in [2.24, 2.45) is 5.92 Å². The minimum atomic E-state index is -2.58. The van der Waals surface area contributed by atoms with Crippen LogP contribution >= 0.6 is 7.14 Å². The fourth-order valence-corrected chi connectivity index (χ4v) is 6.74. The van der Waals surface area contributed by atoms with Gasteiger partial charge in [-0.3, -0.25) is 0 Å². The van der Waals surface area contributed by atoms with Crippen LogP contribution in [0.2, 0.25) is 0 Å². The Bertz CT molecular complexity index is 788. The van der Waals surface area contributed by atoms with Crippen LogP contribution < -0.4 is 10.6 Å². The van der Waals surface area contributed by atoms with E-state index < -0.39 is 7.14 Å². The van der Waals surface area contributed by atoms with Crippen molar-refractivity contribution in [3.63, 3.8) is 0 Å². The van der Waals surface area contributed by atoms with Gasteiger partial charge in [0.2, 0.25) is 0 Å². The Labute approximate surface area is 164 Å². The molecule has 3 rings (SSSR count). The second kappa shape index (κ2) is 9.38. The summed E-state index contributed by atoms with van der Waals surface area (Å²) >= 11 is 0. The number of hydrogen-bond donors (Lipinski definition) is 0. The molecular weight excluding hydrogens is 347 g/mol. The number of rotatable bonds is 8. The zero-order valence-corrected chi connectivity index (χ0v) is 17.5. The van der Waals surface area contributed by atoms with Gasteiger partial charge in [-0.15, -0.1) is 0 Å². The monoisotopic (exact) mass is 378 g/mol. The molecule has 0 fully saturated rings. The van der Waals surface area contributed by atoms with E-state index in [9.17, 15) is 4.57 Å². The molecule has 0 aliphatic heterocycles. The maximum absolute atomic E-state index is 14.0. The number of unbranched alkanes of at least 4 members (excludes halogenated alkanes) is 1. The topological polar surface area (TPSA) is 17.1 Å². The number of allylic oxidation sites excluding steroid dienone is 4. The number of hydrogen-bond acceptors (Lipinski definition) is 1. The van der Waals surface area contributed by atoms with Gasteiger partial charge in [0.05, 0.1) is 0 Å². The van der Waals surface area contributed by atoms with Crippen LogP contribution in [0.5, 0.6) is 0 Å². The molecule has 2 heteroatoms. The van der Waals surface area contributed by atoms with Gasteiger partial charge in [-0.05, 0) is 49.2 Å². The molecule has 0 radical (unpaired) electrons. The summed E-state index contributed by atoms with van der Waals surface area (Å²) < 4.78 is 14.0. The Morgan fingerprint density at radius 1 is 1.00 bits per heavy atom. The average molecular weight is 378 g/mol. The zero-order valence-electron chi connectivity index (χ0n) is 16.6. The molecule has 0 unspecified atom stereocenters. The molecular formula is C25H31OP. The zero-order chi connectivity index (χ0) is 19.1. The minimum Gasteiger partial charge on any atom is -0.314 e. The van der Waals surface area contributed by atoms with Crippen molar-refractivity contribution in [1.82, 2.24) is 0 Å². The van der Waals surface area contributed by atoms with Crippen LogP contribution in [0.15, 0.2) is 84.0 Å². The standard InChI is InChI=1S/C25H31OP/c1-21(2)25(22-13-9-10-14-22)19-11-12-20-27(26,23-15-5-3-6-16-23)24-17-7-4-8-18-24/h3-8,13,15-19,21H,9-12,14,20H2,1-2H3/b25-19+. The highest BCUT2D eigenvalue weighted by Gasteiger charge is 2.26. The lowest BCUT2D eigenvalue weighted by Crippen LogP contribution is -2.18. The molecule has 142 valence electrons. The maximum Gasteiger partial charge on any atom is 0.143 e. The molecule has 0 N–H and O–H groups in total. The Morgan fingerprint density at radius 2 is 1.59 bits per heavy atom. The van der Waals surface area contributed by atoms with Crippen LogP contribution in [0.1, 0.15) is 46.0 Å². The van der Waals surface area contributed by atoms with Crippen molar-refractivity contribution in [1.29, 1.82) is 0 Å². The van der Waals surface area contributed by atoms with E-state index in [-0.39, 0.29) is 0 Å². The van der Waals surface area contributed by atoms with Crippen molar-refractivity contribution in [3.05, 3.63) is 84.0 Å². The Hall–Kier alpha value is -1.85. The Kier molecular flexibility index (Phi) is 6.91. The van der Waals surface area contributed by atoms with Gasteiger partial charge in [0, 0.05) is 16.8 Å². The van der Waals surface area contributed by atoms with Gasteiger partial charge in [0.15, 0.2) is 0 Å². The highest BCUT2D eigenvalue weighted by Crippen LogP contribution is 2.44. The fourth-order valence-electron chi connectivity index (χ4n) is 3.99. The van der Waals surface area contributed by atoms with Gasteiger partial charge in [-0.2, -0.15) is 0 Å². The minimum absolute atomic E-state index is 0.560. The summed E-state index contributed by atoms with van der Waals surface area (Å²) in [6.07, 6.45) is 11.2. The summed E-state index contributed by atoms with van der Waals surface area (Å²) in [5.74, 6) is 0.560. The second-order valence-electron chi connectivity index (χ2n) is 7.71. The molecule has 2 aromatic rings. The van der Waals surface area contributed by atoms with E-state index in [0.717, 1.165) is 29.6 Å². The molecule has 0 saturated heterocycles. The van der Waals surface area contributed by atoms with Crippen LogP contribution in [0.25, 0.3) is 0 Å². The molecule has 2 aromatic carbocycles.